The molecule has 0 amide bonds. The first-order valence-electron chi connectivity index (χ1n) is 9.69. The summed E-state index contributed by atoms with van der Waals surface area (Å²) in [5.41, 5.74) is 2.84. The molecule has 0 atom stereocenters. The van der Waals surface area contributed by atoms with Crippen molar-refractivity contribution in [3.8, 4) is 0 Å². The first-order valence-corrected chi connectivity index (χ1v) is 10.1. The summed E-state index contributed by atoms with van der Waals surface area (Å²) in [7, 11) is 2.15. The van der Waals surface area contributed by atoms with Gasteiger partial charge in [-0.2, -0.15) is 0 Å². The molecule has 28 heavy (non-hydrogen) atoms. The van der Waals surface area contributed by atoms with Gasteiger partial charge in [0.25, 0.3) is 0 Å². The number of nitrogens with one attached hydrogen (secondary N) is 1. The molecule has 0 saturated carbocycles. The van der Waals surface area contributed by atoms with Gasteiger partial charge in [0, 0.05) is 47.4 Å². The third kappa shape index (κ3) is 3.28. The molecule has 146 valence electrons. The predicted molar refractivity (Wildman–Crippen MR) is 116 cm³/mol. The zero-order valence-electron chi connectivity index (χ0n) is 16.6. The van der Waals surface area contributed by atoms with Crippen LogP contribution in [0, 0.1) is 0 Å². The van der Waals surface area contributed by atoms with Crippen molar-refractivity contribution in [2.24, 2.45) is 0 Å². The Labute approximate surface area is 171 Å². The van der Waals surface area contributed by atoms with E-state index < -0.39 is 0 Å². The summed E-state index contributed by atoms with van der Waals surface area (Å²) in [4.78, 5) is 16.1. The molecule has 1 N–H and O–H groups in total. The average Bonchev–Trinajstić information content (AvgIpc) is 3.08. The minimum atomic E-state index is -0.351. The number of hydrogen-bond acceptors (Lipinski definition) is 5. The number of furan rings is 1. The number of carbonyl (C=O) groups is 1. The minimum Gasteiger partial charge on any atom is -0.459 e. The smallest absolute Gasteiger partial charge is 0.197 e. The lowest BCUT2D eigenvalue weighted by Gasteiger charge is -2.30. The van der Waals surface area contributed by atoms with Crippen LogP contribution in [0.2, 0.25) is 0 Å². The molecule has 5 rings (SSSR count). The highest BCUT2D eigenvalue weighted by atomic mass is 32.1. The van der Waals surface area contributed by atoms with Crippen molar-refractivity contribution in [3.05, 3.63) is 64.9 Å². The quantitative estimate of drug-likeness (QED) is 0.563. The van der Waals surface area contributed by atoms with Gasteiger partial charge in [-0.3, -0.25) is 4.79 Å². The Balaban J connectivity index is 0.000000233. The van der Waals surface area contributed by atoms with Crippen molar-refractivity contribution >= 4 is 29.4 Å². The lowest BCUT2D eigenvalue weighted by Crippen LogP contribution is -2.40. The van der Waals surface area contributed by atoms with Gasteiger partial charge in [-0.25, -0.2) is 0 Å². The fraction of sp³-hybridized carbons (Fsp3) is 0.348. The predicted octanol–water partition coefficient (Wildman–Crippen LogP) is 4.11. The molecule has 1 saturated heterocycles. The summed E-state index contributed by atoms with van der Waals surface area (Å²) in [6.45, 7) is 8.92. The van der Waals surface area contributed by atoms with E-state index in [9.17, 15) is 4.79 Å². The highest BCUT2D eigenvalue weighted by molar-refractivity contribution is 7.80. The number of fused-ring (bicyclic) bond motifs is 4. The molecule has 0 bridgehead atoms. The van der Waals surface area contributed by atoms with E-state index >= 15 is 0 Å². The first kappa shape index (κ1) is 19.2. The van der Waals surface area contributed by atoms with E-state index in [1.165, 1.54) is 13.1 Å². The summed E-state index contributed by atoms with van der Waals surface area (Å²) in [6, 6.07) is 13.4. The van der Waals surface area contributed by atoms with Gasteiger partial charge in [0.1, 0.15) is 11.3 Å². The number of nitrogens with zero attached hydrogens (tertiary/aromatic N) is 1. The summed E-state index contributed by atoms with van der Waals surface area (Å²) in [5, 5.41) is 4.17. The van der Waals surface area contributed by atoms with Crippen LogP contribution >= 0.6 is 12.6 Å². The maximum atomic E-state index is 12.9. The molecular formula is C23H26N2O2S. The molecule has 3 aromatic rings. The molecular weight excluding hydrogens is 368 g/mol. The number of hydrogen-bond donors (Lipinski definition) is 2. The molecule has 5 heteroatoms. The number of likely N-dealkylation sites (N-methyl/N-ethyl adjacent to an activating group) is 1. The summed E-state index contributed by atoms with van der Waals surface area (Å²) >= 11 is 4.40. The minimum absolute atomic E-state index is 0.0395. The van der Waals surface area contributed by atoms with E-state index in [2.05, 4.69) is 43.7 Å². The first-order chi connectivity index (χ1) is 13.4. The van der Waals surface area contributed by atoms with Crippen molar-refractivity contribution < 1.29 is 9.21 Å². The van der Waals surface area contributed by atoms with E-state index in [4.69, 9.17) is 4.42 Å². The molecule has 1 aromatic heterocycles. The number of piperazine rings is 1. The summed E-state index contributed by atoms with van der Waals surface area (Å²) in [6.07, 6.45) is 0. The van der Waals surface area contributed by atoms with Gasteiger partial charge in [0.05, 0.1) is 5.56 Å². The molecule has 1 aliphatic carbocycles. The fourth-order valence-corrected chi connectivity index (χ4v) is 4.20. The fourth-order valence-electron chi connectivity index (χ4n) is 3.99. The Morgan fingerprint density at radius 2 is 1.82 bits per heavy atom. The van der Waals surface area contributed by atoms with Crippen LogP contribution < -0.4 is 5.32 Å². The molecule has 2 aliphatic rings. The monoisotopic (exact) mass is 394 g/mol. The number of rotatable bonds is 0. The molecule has 2 heterocycles. The Kier molecular flexibility index (Phi) is 5.08. The van der Waals surface area contributed by atoms with Gasteiger partial charge in [-0.05, 0) is 50.7 Å². The molecule has 2 aromatic carbocycles. The highest BCUT2D eigenvalue weighted by Gasteiger charge is 2.41. The molecule has 0 radical (unpaired) electrons. The number of carbonyl (C=O) groups excluding carboxylic acids is 1. The van der Waals surface area contributed by atoms with Gasteiger partial charge < -0.3 is 14.6 Å². The van der Waals surface area contributed by atoms with Crippen LogP contribution in [-0.4, -0.2) is 43.9 Å². The molecule has 0 spiro atoms. The highest BCUT2D eigenvalue weighted by Crippen LogP contribution is 2.45. The maximum absolute atomic E-state index is 12.9. The molecule has 0 unspecified atom stereocenters. The van der Waals surface area contributed by atoms with Gasteiger partial charge in [-0.15, -0.1) is 12.6 Å². The lowest BCUT2D eigenvalue weighted by molar-refractivity contribution is 0.102. The van der Waals surface area contributed by atoms with E-state index in [0.717, 1.165) is 45.8 Å². The summed E-state index contributed by atoms with van der Waals surface area (Å²) < 4.78 is 6.03. The van der Waals surface area contributed by atoms with Crippen LogP contribution in [0.15, 0.2) is 51.8 Å². The van der Waals surface area contributed by atoms with Gasteiger partial charge in [0.2, 0.25) is 0 Å². The van der Waals surface area contributed by atoms with E-state index in [1.54, 1.807) is 0 Å². The van der Waals surface area contributed by atoms with Crippen LogP contribution in [0.4, 0.5) is 0 Å². The molecule has 1 aliphatic heterocycles. The van der Waals surface area contributed by atoms with Crippen molar-refractivity contribution in [1.29, 1.82) is 0 Å². The lowest BCUT2D eigenvalue weighted by atomic mass is 9.72. The van der Waals surface area contributed by atoms with Gasteiger partial charge in [-0.1, -0.05) is 18.2 Å². The Hall–Kier alpha value is -2.08. The van der Waals surface area contributed by atoms with E-state index in [0.29, 0.717) is 5.56 Å². The van der Waals surface area contributed by atoms with Crippen LogP contribution in [0.1, 0.15) is 41.1 Å². The Bertz CT molecular complexity index is 1030. The number of para-hydroxylation sites is 1. The van der Waals surface area contributed by atoms with Gasteiger partial charge in [0.15, 0.2) is 5.78 Å². The van der Waals surface area contributed by atoms with Crippen molar-refractivity contribution in [1.82, 2.24) is 10.2 Å². The zero-order valence-corrected chi connectivity index (χ0v) is 17.5. The van der Waals surface area contributed by atoms with Crippen molar-refractivity contribution in [2.45, 2.75) is 24.2 Å². The molecule has 4 nitrogen and oxygen atoms in total. The largest absolute Gasteiger partial charge is 0.459 e. The summed E-state index contributed by atoms with van der Waals surface area (Å²) in [5.74, 6) is 0.790. The second kappa shape index (κ2) is 7.39. The third-order valence-electron chi connectivity index (χ3n) is 5.65. The third-order valence-corrected chi connectivity index (χ3v) is 5.93. The maximum Gasteiger partial charge on any atom is 0.197 e. The Morgan fingerprint density at radius 1 is 1.11 bits per heavy atom. The topological polar surface area (TPSA) is 45.5 Å². The average molecular weight is 395 g/mol. The second-order valence-corrected chi connectivity index (χ2v) is 8.56. The van der Waals surface area contributed by atoms with Gasteiger partial charge >= 0.3 is 0 Å². The molecule has 1 fully saturated rings. The van der Waals surface area contributed by atoms with E-state index in [1.807, 2.05) is 42.5 Å². The Morgan fingerprint density at radius 3 is 2.50 bits per heavy atom. The second-order valence-electron chi connectivity index (χ2n) is 8.04. The SMILES string of the molecule is CC1(C)c2cc(S)ccc2C(=O)c2c1oc1ccccc21.CN1CCNCC1. The normalized spacial score (nSPS) is 18.2. The van der Waals surface area contributed by atoms with Crippen LogP contribution in [0.3, 0.4) is 0 Å². The number of thiol groups is 1. The zero-order chi connectivity index (χ0) is 19.9. The van der Waals surface area contributed by atoms with Crippen molar-refractivity contribution in [2.75, 3.05) is 33.2 Å². The van der Waals surface area contributed by atoms with Crippen LogP contribution in [0.25, 0.3) is 11.0 Å². The van der Waals surface area contributed by atoms with Crippen LogP contribution in [-0.2, 0) is 5.41 Å². The number of benzene rings is 2. The standard InChI is InChI=1S/C18H14O2S.C5H12N2/c1-18(2)13-9-10(21)7-8-11(13)16(19)15-12-5-3-4-6-14(12)20-17(15)18;1-7-4-2-6-3-5-7/h3-9,21H,1-2H3;6H,2-5H2,1H3. The van der Waals surface area contributed by atoms with Crippen molar-refractivity contribution in [3.63, 3.8) is 0 Å². The van der Waals surface area contributed by atoms with E-state index in [-0.39, 0.29) is 11.2 Å². The van der Waals surface area contributed by atoms with Crippen LogP contribution in [0.5, 0.6) is 0 Å². The number of ketones is 1.